The van der Waals surface area contributed by atoms with E-state index in [0.29, 0.717) is 0 Å². The number of aryl methyl sites for hydroxylation is 3. The van der Waals surface area contributed by atoms with Gasteiger partial charge in [-0.15, -0.1) is 0 Å². The average molecular weight is 611 g/mol. The van der Waals surface area contributed by atoms with Crippen LogP contribution in [0.15, 0.2) is 12.1 Å². The van der Waals surface area contributed by atoms with Crippen molar-refractivity contribution in [3.63, 3.8) is 0 Å². The van der Waals surface area contributed by atoms with E-state index < -0.39 is 0 Å². The summed E-state index contributed by atoms with van der Waals surface area (Å²) in [7, 11) is 0. The summed E-state index contributed by atoms with van der Waals surface area (Å²) in [6.45, 7) is 9.33. The van der Waals surface area contributed by atoms with Gasteiger partial charge < -0.3 is 0 Å². The normalized spacial score (nSPS) is 11.5. The fourth-order valence-electron chi connectivity index (χ4n) is 7.24. The summed E-state index contributed by atoms with van der Waals surface area (Å²) in [5.74, 6) is 0. The van der Waals surface area contributed by atoms with Gasteiger partial charge in [0.05, 0.1) is 0 Å². The van der Waals surface area contributed by atoms with Crippen LogP contribution in [0.5, 0.6) is 0 Å². The topological polar surface area (TPSA) is 0 Å². The van der Waals surface area contributed by atoms with Gasteiger partial charge in [-0.25, -0.2) is 0 Å². The van der Waals surface area contributed by atoms with Crippen molar-refractivity contribution in [1.82, 2.24) is 0 Å². The lowest BCUT2D eigenvalue weighted by molar-refractivity contribution is 0.551. The van der Waals surface area contributed by atoms with Gasteiger partial charge in [-0.1, -0.05) is 213 Å². The lowest BCUT2D eigenvalue weighted by Gasteiger charge is -2.18. The Kier molecular flexibility index (Phi) is 30.2. The van der Waals surface area contributed by atoms with Gasteiger partial charge in [0.15, 0.2) is 0 Å². The molecular formula is C44H82. The van der Waals surface area contributed by atoms with Crippen molar-refractivity contribution in [3.05, 3.63) is 34.4 Å². The predicted octanol–water partition coefficient (Wildman–Crippen LogP) is 15.6. The fraction of sp³-hybridized carbons (Fsp3) is 0.864. The molecule has 0 nitrogen and oxygen atoms in total. The summed E-state index contributed by atoms with van der Waals surface area (Å²) in [6, 6.07) is 5.25. The van der Waals surface area contributed by atoms with Gasteiger partial charge in [0.25, 0.3) is 0 Å². The summed E-state index contributed by atoms with van der Waals surface area (Å²) in [4.78, 5) is 0. The molecule has 0 heteroatoms. The zero-order chi connectivity index (χ0) is 31.8. The third-order valence-electron chi connectivity index (χ3n) is 10.3. The van der Waals surface area contributed by atoms with E-state index >= 15 is 0 Å². The Balaban J connectivity index is 2.57. The molecule has 0 saturated carbocycles. The molecule has 1 rings (SSSR count). The van der Waals surface area contributed by atoms with Crippen molar-refractivity contribution in [3.8, 4) is 0 Å². The highest BCUT2D eigenvalue weighted by Crippen LogP contribution is 2.26. The highest BCUT2D eigenvalue weighted by atomic mass is 14.2. The van der Waals surface area contributed by atoms with E-state index in [0.717, 1.165) is 0 Å². The Morgan fingerprint density at radius 1 is 0.295 bits per heavy atom. The summed E-state index contributed by atoms with van der Waals surface area (Å²) in [5, 5.41) is 0. The van der Waals surface area contributed by atoms with Crippen LogP contribution in [-0.4, -0.2) is 0 Å². The van der Waals surface area contributed by atoms with Gasteiger partial charge in [-0.05, 0) is 67.2 Å². The van der Waals surface area contributed by atoms with E-state index in [-0.39, 0.29) is 0 Å². The van der Waals surface area contributed by atoms with Crippen molar-refractivity contribution in [2.75, 3.05) is 0 Å². The van der Waals surface area contributed by atoms with Gasteiger partial charge >= 0.3 is 0 Å². The Morgan fingerprint density at radius 2 is 0.545 bits per heavy atom. The number of unbranched alkanes of at least 4 members (excludes halogenated alkanes) is 27. The highest BCUT2D eigenvalue weighted by molar-refractivity contribution is 5.40. The second-order valence-electron chi connectivity index (χ2n) is 14.5. The molecule has 0 fully saturated rings. The second-order valence-corrected chi connectivity index (χ2v) is 14.5. The van der Waals surface area contributed by atoms with Crippen molar-refractivity contribution in [2.24, 2.45) is 0 Å². The molecule has 44 heavy (non-hydrogen) atoms. The molecule has 0 saturated heterocycles. The summed E-state index contributed by atoms with van der Waals surface area (Å²) >= 11 is 0. The van der Waals surface area contributed by atoms with Crippen LogP contribution < -0.4 is 0 Å². The van der Waals surface area contributed by atoms with Crippen LogP contribution in [0, 0.1) is 0 Å². The molecule has 0 atom stereocenters. The zero-order valence-electron chi connectivity index (χ0n) is 31.2. The molecule has 0 N–H and O–H groups in total. The molecule has 0 aromatic heterocycles. The van der Waals surface area contributed by atoms with Crippen LogP contribution >= 0.6 is 0 Å². The maximum atomic E-state index is 2.63. The molecule has 258 valence electrons. The lowest BCUT2D eigenvalue weighted by Crippen LogP contribution is -2.04. The molecule has 0 radical (unpaired) electrons. The molecule has 1 aromatic rings. The number of hydrogen-bond donors (Lipinski definition) is 0. The molecule has 1 aromatic carbocycles. The molecule has 0 amide bonds. The standard InChI is InChI=1S/C44H82/c1-5-9-12-15-18-21-24-27-30-33-36-42-39-41(8-4)40-43(37-34-31-28-25-22-19-16-13-10-6-2)44(42)38-35-32-29-26-23-20-17-14-11-7-3/h39-40H,5-38H2,1-4H3. The lowest BCUT2D eigenvalue weighted by atomic mass is 9.87. The molecule has 0 spiro atoms. The summed E-state index contributed by atoms with van der Waals surface area (Å²) in [6.07, 6.45) is 48.2. The molecule has 0 heterocycles. The van der Waals surface area contributed by atoms with Crippen LogP contribution in [0.4, 0.5) is 0 Å². The van der Waals surface area contributed by atoms with E-state index in [4.69, 9.17) is 0 Å². The van der Waals surface area contributed by atoms with Crippen LogP contribution in [0.2, 0.25) is 0 Å². The Labute approximate surface area is 279 Å². The molecule has 0 unspecified atom stereocenters. The first-order valence-corrected chi connectivity index (χ1v) is 20.9. The van der Waals surface area contributed by atoms with E-state index in [9.17, 15) is 0 Å². The Bertz CT molecular complexity index is 670. The van der Waals surface area contributed by atoms with Gasteiger partial charge in [-0.2, -0.15) is 0 Å². The van der Waals surface area contributed by atoms with Crippen LogP contribution in [0.3, 0.4) is 0 Å². The van der Waals surface area contributed by atoms with E-state index in [1.807, 2.05) is 0 Å². The maximum absolute atomic E-state index is 2.63. The van der Waals surface area contributed by atoms with Gasteiger partial charge in [-0.3, -0.25) is 0 Å². The summed E-state index contributed by atoms with van der Waals surface area (Å²) in [5.41, 5.74) is 6.86. The molecule has 0 aliphatic rings. The molecule has 0 bridgehead atoms. The molecule has 0 aliphatic heterocycles. The first-order chi connectivity index (χ1) is 21.8. The van der Waals surface area contributed by atoms with Crippen LogP contribution in [0.25, 0.3) is 0 Å². The van der Waals surface area contributed by atoms with Gasteiger partial charge in [0.2, 0.25) is 0 Å². The van der Waals surface area contributed by atoms with Crippen molar-refractivity contribution < 1.29 is 0 Å². The largest absolute Gasteiger partial charge is 0.0654 e. The Hall–Kier alpha value is -0.780. The zero-order valence-corrected chi connectivity index (χ0v) is 31.2. The second kappa shape index (κ2) is 32.2. The van der Waals surface area contributed by atoms with E-state index in [2.05, 4.69) is 39.8 Å². The van der Waals surface area contributed by atoms with E-state index in [1.165, 1.54) is 218 Å². The number of hydrogen-bond acceptors (Lipinski definition) is 0. The number of rotatable bonds is 34. The molecule has 0 aliphatic carbocycles. The van der Waals surface area contributed by atoms with E-state index in [1.54, 1.807) is 22.3 Å². The minimum Gasteiger partial charge on any atom is -0.0654 e. The summed E-state index contributed by atoms with van der Waals surface area (Å²) < 4.78 is 0. The minimum atomic E-state index is 1.19. The third-order valence-corrected chi connectivity index (χ3v) is 10.3. The van der Waals surface area contributed by atoms with Crippen molar-refractivity contribution in [1.29, 1.82) is 0 Å². The van der Waals surface area contributed by atoms with Crippen LogP contribution in [-0.2, 0) is 25.7 Å². The van der Waals surface area contributed by atoms with Crippen molar-refractivity contribution in [2.45, 2.75) is 246 Å². The maximum Gasteiger partial charge on any atom is -0.0273 e. The molecular weight excluding hydrogens is 528 g/mol. The first-order valence-electron chi connectivity index (χ1n) is 20.9. The van der Waals surface area contributed by atoms with Gasteiger partial charge in [0, 0.05) is 0 Å². The minimum absolute atomic E-state index is 1.19. The van der Waals surface area contributed by atoms with Crippen molar-refractivity contribution >= 4 is 0 Å². The smallest absolute Gasteiger partial charge is 0.0273 e. The fourth-order valence-corrected chi connectivity index (χ4v) is 7.24. The first kappa shape index (κ1) is 41.2. The third kappa shape index (κ3) is 23.5. The monoisotopic (exact) mass is 611 g/mol. The quantitative estimate of drug-likeness (QED) is 0.0681. The highest BCUT2D eigenvalue weighted by Gasteiger charge is 2.11. The van der Waals surface area contributed by atoms with Crippen LogP contribution in [0.1, 0.15) is 243 Å². The number of benzene rings is 1. The van der Waals surface area contributed by atoms with Gasteiger partial charge in [0.1, 0.15) is 0 Å². The predicted molar refractivity (Wildman–Crippen MR) is 202 cm³/mol. The Morgan fingerprint density at radius 3 is 0.818 bits per heavy atom. The average Bonchev–Trinajstić information content (AvgIpc) is 3.04. The SMILES string of the molecule is CCCCCCCCCCCCc1cc(CC)cc(CCCCCCCCCCCC)c1CCCCCCCCCCCC.